The first-order valence-corrected chi connectivity index (χ1v) is 5.97. The molecule has 4 heteroatoms. The number of nitrogens with one attached hydrogen (secondary N) is 2. The van der Waals surface area contributed by atoms with Gasteiger partial charge in [-0.2, -0.15) is 0 Å². The molecule has 1 rings (SSSR count). The fraction of sp³-hybridized carbons (Fsp3) is 0.750. The number of rotatable bonds is 7. The summed E-state index contributed by atoms with van der Waals surface area (Å²) >= 11 is 0. The van der Waals surface area contributed by atoms with Crippen LogP contribution in [0.2, 0.25) is 0 Å². The summed E-state index contributed by atoms with van der Waals surface area (Å²) in [6.45, 7) is 8.58. The van der Waals surface area contributed by atoms with Gasteiger partial charge in [0.25, 0.3) is 0 Å². The number of hydrogen-bond donors (Lipinski definition) is 2. The molecule has 0 aromatic heterocycles. The van der Waals surface area contributed by atoms with Gasteiger partial charge in [-0.05, 0) is 25.8 Å². The van der Waals surface area contributed by atoms with Crippen LogP contribution < -0.4 is 10.6 Å². The Hall–Kier alpha value is -1.03. The average Bonchev–Trinajstić information content (AvgIpc) is 2.78. The van der Waals surface area contributed by atoms with E-state index in [1.807, 2.05) is 0 Å². The van der Waals surface area contributed by atoms with Crippen LogP contribution in [-0.4, -0.2) is 32.1 Å². The van der Waals surface area contributed by atoms with Crippen LogP contribution in [0.5, 0.6) is 0 Å². The van der Waals surface area contributed by atoms with Crippen molar-refractivity contribution in [1.82, 2.24) is 10.6 Å². The minimum Gasteiger partial charge on any atom is -0.502 e. The Morgan fingerprint density at radius 1 is 1.69 bits per heavy atom. The SMILES string of the molecule is C=COCCCNC(=O)C1(CC)CCNC1. The van der Waals surface area contributed by atoms with Gasteiger partial charge in [0.1, 0.15) is 0 Å². The zero-order chi connectivity index (χ0) is 11.9. The van der Waals surface area contributed by atoms with Crippen molar-refractivity contribution >= 4 is 5.91 Å². The van der Waals surface area contributed by atoms with Crippen molar-refractivity contribution in [2.45, 2.75) is 26.2 Å². The van der Waals surface area contributed by atoms with Crippen molar-refractivity contribution in [3.63, 3.8) is 0 Å². The maximum Gasteiger partial charge on any atom is 0.227 e. The lowest BCUT2D eigenvalue weighted by Crippen LogP contribution is -2.42. The molecule has 1 aliphatic rings. The molecule has 0 spiro atoms. The number of carbonyl (C=O) groups excluding carboxylic acids is 1. The van der Waals surface area contributed by atoms with E-state index in [9.17, 15) is 4.79 Å². The van der Waals surface area contributed by atoms with Crippen LogP contribution in [-0.2, 0) is 9.53 Å². The third-order valence-electron chi connectivity index (χ3n) is 3.24. The zero-order valence-corrected chi connectivity index (χ0v) is 10.1. The molecule has 1 unspecified atom stereocenters. The third kappa shape index (κ3) is 3.23. The van der Waals surface area contributed by atoms with Gasteiger partial charge in [0.05, 0.1) is 18.3 Å². The molecule has 0 bridgehead atoms. The first kappa shape index (κ1) is 13.0. The summed E-state index contributed by atoms with van der Waals surface area (Å²) in [4.78, 5) is 12.0. The maximum absolute atomic E-state index is 12.0. The fourth-order valence-electron chi connectivity index (χ4n) is 2.03. The Kier molecular flexibility index (Phi) is 5.32. The van der Waals surface area contributed by atoms with Gasteiger partial charge < -0.3 is 15.4 Å². The summed E-state index contributed by atoms with van der Waals surface area (Å²) in [6.07, 6.45) is 4.09. The van der Waals surface area contributed by atoms with E-state index in [0.717, 1.165) is 32.4 Å². The van der Waals surface area contributed by atoms with Gasteiger partial charge >= 0.3 is 0 Å². The van der Waals surface area contributed by atoms with Gasteiger partial charge in [0, 0.05) is 13.1 Å². The van der Waals surface area contributed by atoms with Gasteiger partial charge in [-0.3, -0.25) is 4.79 Å². The molecule has 4 nitrogen and oxygen atoms in total. The van der Waals surface area contributed by atoms with Crippen LogP contribution in [0.3, 0.4) is 0 Å². The molecular formula is C12H22N2O2. The third-order valence-corrected chi connectivity index (χ3v) is 3.24. The summed E-state index contributed by atoms with van der Waals surface area (Å²) in [6, 6.07) is 0. The van der Waals surface area contributed by atoms with Crippen molar-refractivity contribution < 1.29 is 9.53 Å². The second-order valence-corrected chi connectivity index (χ2v) is 4.21. The van der Waals surface area contributed by atoms with E-state index in [0.29, 0.717) is 13.2 Å². The lowest BCUT2D eigenvalue weighted by atomic mass is 9.83. The molecule has 0 radical (unpaired) electrons. The first-order valence-electron chi connectivity index (χ1n) is 5.97. The predicted octanol–water partition coefficient (Wildman–Crippen LogP) is 1.04. The van der Waals surface area contributed by atoms with Gasteiger partial charge in [0.2, 0.25) is 5.91 Å². The van der Waals surface area contributed by atoms with Crippen LogP contribution in [0.15, 0.2) is 12.8 Å². The minimum atomic E-state index is -0.181. The summed E-state index contributed by atoms with van der Waals surface area (Å²) in [5, 5.41) is 6.24. The van der Waals surface area contributed by atoms with E-state index in [1.54, 1.807) is 0 Å². The predicted molar refractivity (Wildman–Crippen MR) is 64.0 cm³/mol. The molecule has 0 saturated carbocycles. The molecule has 1 saturated heterocycles. The van der Waals surface area contributed by atoms with Crippen molar-refractivity contribution in [2.24, 2.45) is 5.41 Å². The van der Waals surface area contributed by atoms with Crippen molar-refractivity contribution in [3.8, 4) is 0 Å². The molecule has 16 heavy (non-hydrogen) atoms. The lowest BCUT2D eigenvalue weighted by Gasteiger charge is -2.25. The van der Waals surface area contributed by atoms with Crippen molar-refractivity contribution in [3.05, 3.63) is 12.8 Å². The van der Waals surface area contributed by atoms with Crippen LogP contribution in [0.4, 0.5) is 0 Å². The highest BCUT2D eigenvalue weighted by Gasteiger charge is 2.38. The van der Waals surface area contributed by atoms with E-state index in [2.05, 4.69) is 24.1 Å². The van der Waals surface area contributed by atoms with Gasteiger partial charge in [0.15, 0.2) is 0 Å². The van der Waals surface area contributed by atoms with Gasteiger partial charge in [-0.1, -0.05) is 13.5 Å². The summed E-state index contributed by atoms with van der Waals surface area (Å²) in [7, 11) is 0. The second-order valence-electron chi connectivity index (χ2n) is 4.21. The Balaban J connectivity index is 2.25. The van der Waals surface area contributed by atoms with E-state index in [1.165, 1.54) is 6.26 Å². The Morgan fingerprint density at radius 2 is 2.50 bits per heavy atom. The highest BCUT2D eigenvalue weighted by molar-refractivity contribution is 5.83. The molecule has 1 amide bonds. The number of carbonyl (C=O) groups is 1. The molecule has 1 fully saturated rings. The molecule has 1 aliphatic heterocycles. The van der Waals surface area contributed by atoms with E-state index >= 15 is 0 Å². The number of hydrogen-bond acceptors (Lipinski definition) is 3. The number of ether oxygens (including phenoxy) is 1. The highest BCUT2D eigenvalue weighted by Crippen LogP contribution is 2.29. The zero-order valence-electron chi connectivity index (χ0n) is 10.1. The topological polar surface area (TPSA) is 50.4 Å². The molecule has 0 aromatic rings. The van der Waals surface area contributed by atoms with Gasteiger partial charge in [-0.15, -0.1) is 0 Å². The van der Waals surface area contributed by atoms with Gasteiger partial charge in [-0.25, -0.2) is 0 Å². The van der Waals surface area contributed by atoms with E-state index in [-0.39, 0.29) is 11.3 Å². The van der Waals surface area contributed by atoms with E-state index < -0.39 is 0 Å². The molecule has 92 valence electrons. The van der Waals surface area contributed by atoms with Crippen LogP contribution in [0, 0.1) is 5.41 Å². The van der Waals surface area contributed by atoms with Crippen LogP contribution in [0.25, 0.3) is 0 Å². The Morgan fingerprint density at radius 3 is 3.06 bits per heavy atom. The van der Waals surface area contributed by atoms with Crippen molar-refractivity contribution in [2.75, 3.05) is 26.2 Å². The van der Waals surface area contributed by atoms with E-state index in [4.69, 9.17) is 4.74 Å². The highest BCUT2D eigenvalue weighted by atomic mass is 16.5. The lowest BCUT2D eigenvalue weighted by molar-refractivity contribution is -0.130. The summed E-state index contributed by atoms with van der Waals surface area (Å²) < 4.78 is 4.99. The Labute approximate surface area is 97.4 Å². The summed E-state index contributed by atoms with van der Waals surface area (Å²) in [5.74, 6) is 0.179. The largest absolute Gasteiger partial charge is 0.502 e. The smallest absolute Gasteiger partial charge is 0.227 e. The first-order chi connectivity index (χ1) is 7.75. The monoisotopic (exact) mass is 226 g/mol. The molecule has 0 aliphatic carbocycles. The summed E-state index contributed by atoms with van der Waals surface area (Å²) in [5.41, 5.74) is -0.181. The van der Waals surface area contributed by atoms with Crippen LogP contribution in [0.1, 0.15) is 26.2 Å². The Bertz CT molecular complexity index is 235. The quantitative estimate of drug-likeness (QED) is 0.504. The second kappa shape index (κ2) is 6.53. The average molecular weight is 226 g/mol. The normalized spacial score (nSPS) is 24.1. The maximum atomic E-state index is 12.0. The fourth-order valence-corrected chi connectivity index (χ4v) is 2.03. The molecule has 1 heterocycles. The van der Waals surface area contributed by atoms with Crippen LogP contribution >= 0.6 is 0 Å². The molecular weight excluding hydrogens is 204 g/mol. The standard InChI is InChI=1S/C12H22N2O2/c1-3-12(6-8-13-10-12)11(15)14-7-5-9-16-4-2/h4,13H,2-3,5-10H2,1H3,(H,14,15). The molecule has 2 N–H and O–H groups in total. The molecule has 1 atom stereocenters. The minimum absolute atomic E-state index is 0.179. The number of amides is 1. The molecule has 0 aromatic carbocycles. The van der Waals surface area contributed by atoms with Crippen molar-refractivity contribution in [1.29, 1.82) is 0 Å².